The van der Waals surface area contributed by atoms with Crippen molar-refractivity contribution in [2.75, 3.05) is 6.54 Å². The van der Waals surface area contributed by atoms with Gasteiger partial charge < -0.3 is 14.9 Å². The van der Waals surface area contributed by atoms with Crippen molar-refractivity contribution >= 4 is 11.9 Å². The fourth-order valence-corrected chi connectivity index (χ4v) is 0.796. The van der Waals surface area contributed by atoms with Crippen LogP contribution in [0.25, 0.3) is 0 Å². The Hall–Kier alpha value is -1.85. The molecule has 0 saturated carbocycles. The van der Waals surface area contributed by atoms with E-state index < -0.39 is 11.9 Å². The van der Waals surface area contributed by atoms with Crippen LogP contribution in [0.3, 0.4) is 0 Å². The summed E-state index contributed by atoms with van der Waals surface area (Å²) < 4.78 is 4.53. The highest BCUT2D eigenvalue weighted by molar-refractivity contribution is 5.98. The van der Waals surface area contributed by atoms with Gasteiger partial charge in [-0.25, -0.2) is 4.79 Å². The number of carboxylic acid groups (broad SMARTS) is 1. The molecular formula is C7H8N2O4. The van der Waals surface area contributed by atoms with Gasteiger partial charge in [-0.1, -0.05) is 5.16 Å². The lowest BCUT2D eigenvalue weighted by atomic mass is 10.2. The van der Waals surface area contributed by atoms with Gasteiger partial charge >= 0.3 is 6.09 Å². The van der Waals surface area contributed by atoms with Gasteiger partial charge in [-0.2, -0.15) is 0 Å². The number of hydrogen-bond acceptors (Lipinski definition) is 4. The van der Waals surface area contributed by atoms with Crippen molar-refractivity contribution in [2.24, 2.45) is 0 Å². The Morgan fingerprint density at radius 3 is 2.85 bits per heavy atom. The smallest absolute Gasteiger partial charge is 0.405 e. The minimum absolute atomic E-state index is 0.161. The molecule has 0 atom stereocenters. The molecule has 0 saturated heterocycles. The van der Waals surface area contributed by atoms with Gasteiger partial charge in [0.25, 0.3) is 0 Å². The van der Waals surface area contributed by atoms with Crippen LogP contribution in [0.2, 0.25) is 0 Å². The number of amides is 1. The molecule has 0 unspecified atom stereocenters. The van der Waals surface area contributed by atoms with Gasteiger partial charge in [0, 0.05) is 5.56 Å². The van der Waals surface area contributed by atoms with Crippen LogP contribution in [0.4, 0.5) is 4.79 Å². The molecule has 0 aliphatic rings. The van der Waals surface area contributed by atoms with Crippen LogP contribution in [-0.4, -0.2) is 28.7 Å². The third-order valence-electron chi connectivity index (χ3n) is 1.41. The third-order valence-corrected chi connectivity index (χ3v) is 1.41. The molecule has 0 bridgehead atoms. The second kappa shape index (κ2) is 3.70. The highest BCUT2D eigenvalue weighted by atomic mass is 16.5. The number of carbonyl (C=O) groups is 2. The first-order valence-electron chi connectivity index (χ1n) is 3.52. The topological polar surface area (TPSA) is 92.4 Å². The maximum Gasteiger partial charge on any atom is 0.405 e. The second-order valence-corrected chi connectivity index (χ2v) is 2.43. The number of Topliss-reactive ketones (excluding diaryl/α,β-unsaturated/α-hetero) is 1. The average molecular weight is 184 g/mol. The fraction of sp³-hybridized carbons (Fsp3) is 0.286. The summed E-state index contributed by atoms with van der Waals surface area (Å²) in [4.78, 5) is 21.2. The number of carbonyl (C=O) groups excluding carboxylic acids is 1. The molecule has 1 amide bonds. The van der Waals surface area contributed by atoms with E-state index in [0.717, 1.165) is 0 Å². The van der Waals surface area contributed by atoms with Crippen molar-refractivity contribution in [1.29, 1.82) is 0 Å². The summed E-state index contributed by atoms with van der Waals surface area (Å²) in [5.74, 6) is -0.409. The van der Waals surface area contributed by atoms with Crippen LogP contribution in [0.5, 0.6) is 0 Å². The average Bonchev–Trinajstić information content (AvgIpc) is 2.47. The molecule has 0 spiro atoms. The molecule has 1 aromatic rings. The van der Waals surface area contributed by atoms with Crippen LogP contribution in [0.15, 0.2) is 10.8 Å². The molecule has 1 heterocycles. The maximum absolute atomic E-state index is 11.2. The number of nitrogens with zero attached hydrogens (tertiary/aromatic N) is 1. The van der Waals surface area contributed by atoms with E-state index in [1.165, 1.54) is 6.26 Å². The van der Waals surface area contributed by atoms with Gasteiger partial charge in [0.15, 0.2) is 5.69 Å². The number of aromatic nitrogens is 1. The van der Waals surface area contributed by atoms with Crippen LogP contribution in [0.1, 0.15) is 16.1 Å². The Balaban J connectivity index is 2.59. The lowest BCUT2D eigenvalue weighted by Crippen LogP contribution is -2.28. The number of ketones is 1. The molecule has 13 heavy (non-hydrogen) atoms. The molecule has 0 aromatic carbocycles. The fourth-order valence-electron chi connectivity index (χ4n) is 0.796. The predicted octanol–water partition coefficient (Wildman–Crippen LogP) is 0.433. The van der Waals surface area contributed by atoms with Gasteiger partial charge in [0.05, 0.1) is 6.54 Å². The van der Waals surface area contributed by atoms with E-state index in [2.05, 4.69) is 9.68 Å². The summed E-state index contributed by atoms with van der Waals surface area (Å²) in [6.07, 6.45) is 0.0862. The van der Waals surface area contributed by atoms with Gasteiger partial charge in [-0.15, -0.1) is 0 Å². The zero-order valence-electron chi connectivity index (χ0n) is 6.90. The van der Waals surface area contributed by atoms with E-state index >= 15 is 0 Å². The number of nitrogens with one attached hydrogen (secondary N) is 1. The number of rotatable bonds is 3. The monoisotopic (exact) mass is 184 g/mol. The summed E-state index contributed by atoms with van der Waals surface area (Å²) in [7, 11) is 0. The van der Waals surface area contributed by atoms with Crippen molar-refractivity contribution in [2.45, 2.75) is 6.92 Å². The minimum Gasteiger partial charge on any atom is -0.465 e. The van der Waals surface area contributed by atoms with E-state index in [9.17, 15) is 9.59 Å². The first kappa shape index (κ1) is 9.24. The van der Waals surface area contributed by atoms with Gasteiger partial charge in [0.2, 0.25) is 5.78 Å². The molecule has 0 aliphatic carbocycles. The molecule has 6 heteroatoms. The summed E-state index contributed by atoms with van der Waals surface area (Å²) in [5, 5.41) is 13.6. The number of hydrogen-bond donors (Lipinski definition) is 2. The van der Waals surface area contributed by atoms with Crippen LogP contribution >= 0.6 is 0 Å². The first-order chi connectivity index (χ1) is 6.11. The zero-order valence-corrected chi connectivity index (χ0v) is 6.90. The number of aryl methyl sites for hydroxylation is 1. The molecule has 1 rings (SSSR count). The summed E-state index contributed by atoms with van der Waals surface area (Å²) in [5.41, 5.74) is 0.755. The van der Waals surface area contributed by atoms with E-state index in [1.807, 2.05) is 5.32 Å². The largest absolute Gasteiger partial charge is 0.465 e. The Morgan fingerprint density at radius 2 is 2.38 bits per heavy atom. The normalized spacial score (nSPS) is 9.62. The summed E-state index contributed by atoms with van der Waals surface area (Å²) in [6.45, 7) is 1.37. The molecular weight excluding hydrogens is 176 g/mol. The van der Waals surface area contributed by atoms with Crippen molar-refractivity contribution in [3.8, 4) is 0 Å². The molecule has 2 N–H and O–H groups in total. The van der Waals surface area contributed by atoms with Crippen molar-refractivity contribution < 1.29 is 19.2 Å². The highest BCUT2D eigenvalue weighted by Gasteiger charge is 2.13. The lowest BCUT2D eigenvalue weighted by molar-refractivity contribution is 0.0978. The molecule has 0 radical (unpaired) electrons. The summed E-state index contributed by atoms with van der Waals surface area (Å²) in [6, 6.07) is 0. The molecule has 6 nitrogen and oxygen atoms in total. The van der Waals surface area contributed by atoms with Crippen LogP contribution < -0.4 is 5.32 Å². The SMILES string of the molecule is Cc1conc1C(=O)CNC(=O)O. The van der Waals surface area contributed by atoms with Gasteiger partial charge in [0.1, 0.15) is 6.26 Å². The quantitative estimate of drug-likeness (QED) is 0.664. The Bertz CT molecular complexity index is 331. The molecule has 0 aliphatic heterocycles. The van der Waals surface area contributed by atoms with Gasteiger partial charge in [-0.3, -0.25) is 4.79 Å². The maximum atomic E-state index is 11.2. The van der Waals surface area contributed by atoms with Crippen LogP contribution in [0, 0.1) is 6.92 Å². The Kier molecular flexibility index (Phi) is 2.63. The molecule has 70 valence electrons. The lowest BCUT2D eigenvalue weighted by Gasteiger charge is -1.96. The first-order valence-corrected chi connectivity index (χ1v) is 3.52. The zero-order chi connectivity index (χ0) is 9.84. The van der Waals surface area contributed by atoms with Crippen LogP contribution in [-0.2, 0) is 0 Å². The minimum atomic E-state index is -1.24. The summed E-state index contributed by atoms with van der Waals surface area (Å²) >= 11 is 0. The van der Waals surface area contributed by atoms with Crippen molar-refractivity contribution in [3.63, 3.8) is 0 Å². The van der Waals surface area contributed by atoms with E-state index in [4.69, 9.17) is 5.11 Å². The standard InChI is InChI=1S/C7H8N2O4/c1-4-3-13-9-6(4)5(10)2-8-7(11)12/h3,8H,2H2,1H3,(H,11,12). The van der Waals surface area contributed by atoms with E-state index in [0.29, 0.717) is 5.56 Å². The van der Waals surface area contributed by atoms with E-state index in [-0.39, 0.29) is 12.2 Å². The Labute approximate surface area is 73.5 Å². The molecule has 1 aromatic heterocycles. The second-order valence-electron chi connectivity index (χ2n) is 2.43. The van der Waals surface area contributed by atoms with E-state index in [1.54, 1.807) is 6.92 Å². The molecule has 0 fully saturated rings. The van der Waals surface area contributed by atoms with Crippen molar-refractivity contribution in [3.05, 3.63) is 17.5 Å². The highest BCUT2D eigenvalue weighted by Crippen LogP contribution is 2.04. The van der Waals surface area contributed by atoms with Crippen molar-refractivity contribution in [1.82, 2.24) is 10.5 Å². The van der Waals surface area contributed by atoms with Gasteiger partial charge in [-0.05, 0) is 6.92 Å². The predicted molar refractivity (Wildman–Crippen MR) is 41.6 cm³/mol. The Morgan fingerprint density at radius 1 is 1.69 bits per heavy atom. The third kappa shape index (κ3) is 2.29.